The van der Waals surface area contributed by atoms with Crippen molar-refractivity contribution in [3.8, 4) is 0 Å². The molecule has 2 aliphatic heterocycles. The summed E-state index contributed by atoms with van der Waals surface area (Å²) in [6, 6.07) is 1.07. The van der Waals surface area contributed by atoms with Gasteiger partial charge in [0, 0.05) is 12.1 Å². The molecule has 1 aromatic heterocycles. The van der Waals surface area contributed by atoms with Crippen molar-refractivity contribution in [1.29, 1.82) is 0 Å². The first-order chi connectivity index (χ1) is 13.2. The molecule has 0 aromatic carbocycles. The van der Waals surface area contributed by atoms with Crippen LogP contribution in [-0.4, -0.2) is 78.0 Å². The van der Waals surface area contributed by atoms with E-state index in [1.165, 1.54) is 11.8 Å². The number of aromatic nitrogens is 1. The Kier molecular flexibility index (Phi) is 6.66. The number of aryl methyl sites for hydroxylation is 1. The largest absolute Gasteiger partial charge is 0.360 e. The van der Waals surface area contributed by atoms with E-state index in [9.17, 15) is 18.0 Å². The summed E-state index contributed by atoms with van der Waals surface area (Å²) in [4.78, 5) is 26.7. The zero-order valence-corrected chi connectivity index (χ0v) is 17.6. The van der Waals surface area contributed by atoms with Crippen LogP contribution in [0.5, 0.6) is 0 Å². The predicted molar refractivity (Wildman–Crippen MR) is 107 cm³/mol. The number of amides is 2. The molecule has 3 heterocycles. The van der Waals surface area contributed by atoms with E-state index in [4.69, 9.17) is 4.52 Å². The summed E-state index contributed by atoms with van der Waals surface area (Å²) in [5.41, 5.74) is 0. The lowest BCUT2D eigenvalue weighted by Gasteiger charge is -2.28. The number of nitrogens with one attached hydrogen (secondary N) is 2. The molecule has 0 bridgehead atoms. The zero-order valence-electron chi connectivity index (χ0n) is 16.0. The van der Waals surface area contributed by atoms with E-state index in [-0.39, 0.29) is 35.1 Å². The molecule has 2 fully saturated rings. The Hall–Kier alpha value is -1.59. The van der Waals surface area contributed by atoms with Crippen molar-refractivity contribution < 1.29 is 22.5 Å². The minimum Gasteiger partial charge on any atom is -0.360 e. The minimum absolute atomic E-state index is 0.0217. The summed E-state index contributed by atoms with van der Waals surface area (Å²) in [6.45, 7) is 5.18. The molecule has 0 radical (unpaired) electrons. The maximum Gasteiger partial charge on any atom is 0.238 e. The normalized spacial score (nSPS) is 25.5. The Morgan fingerprint density at radius 3 is 2.71 bits per heavy atom. The molecular formula is C17H26N4O5S2. The number of carbonyl (C=O) groups excluding carboxylic acids is 2. The molecule has 9 nitrogen and oxygen atoms in total. The van der Waals surface area contributed by atoms with Gasteiger partial charge >= 0.3 is 0 Å². The van der Waals surface area contributed by atoms with Gasteiger partial charge in [-0.3, -0.25) is 14.5 Å². The number of rotatable bonds is 7. The highest BCUT2D eigenvalue weighted by molar-refractivity contribution is 8.01. The van der Waals surface area contributed by atoms with Crippen LogP contribution in [-0.2, 0) is 19.4 Å². The molecule has 2 aliphatic rings. The SMILES string of the molecule is Cc1cc(NC(=O)C(C)SCC(=O)NC2CS(=O)(=O)CC2N2CCCC2)no1. The van der Waals surface area contributed by atoms with Crippen LogP contribution in [0.25, 0.3) is 0 Å². The zero-order chi connectivity index (χ0) is 20.3. The predicted octanol–water partition coefficient (Wildman–Crippen LogP) is 0.421. The molecule has 2 N–H and O–H groups in total. The average Bonchev–Trinajstić information content (AvgIpc) is 3.33. The maximum atomic E-state index is 12.4. The second kappa shape index (κ2) is 8.83. The lowest BCUT2D eigenvalue weighted by molar-refractivity contribution is -0.119. The lowest BCUT2D eigenvalue weighted by Crippen LogP contribution is -2.50. The first kappa shape index (κ1) is 21.1. The summed E-state index contributed by atoms with van der Waals surface area (Å²) < 4.78 is 29.0. The summed E-state index contributed by atoms with van der Waals surface area (Å²) in [7, 11) is -3.15. The molecule has 2 amide bonds. The fraction of sp³-hybridized carbons (Fsp3) is 0.706. The molecule has 0 aliphatic carbocycles. The van der Waals surface area contributed by atoms with E-state index in [1.807, 2.05) is 0 Å². The van der Waals surface area contributed by atoms with Crippen LogP contribution in [0, 0.1) is 6.92 Å². The van der Waals surface area contributed by atoms with Gasteiger partial charge in [0.15, 0.2) is 15.7 Å². The molecule has 156 valence electrons. The molecule has 2 saturated heterocycles. The second-order valence-corrected chi connectivity index (χ2v) is 10.8. The van der Waals surface area contributed by atoms with Crippen molar-refractivity contribution in [3.05, 3.63) is 11.8 Å². The molecule has 0 spiro atoms. The van der Waals surface area contributed by atoms with Crippen molar-refractivity contribution in [1.82, 2.24) is 15.4 Å². The Morgan fingerprint density at radius 2 is 2.07 bits per heavy atom. The van der Waals surface area contributed by atoms with Gasteiger partial charge in [0.05, 0.1) is 28.6 Å². The van der Waals surface area contributed by atoms with Crippen molar-refractivity contribution in [2.45, 2.75) is 44.0 Å². The summed E-state index contributed by atoms with van der Waals surface area (Å²) in [5, 5.41) is 8.74. The standard InChI is InChI=1S/C17H26N4O5S2/c1-11-7-15(20-26-11)19-17(23)12(2)27-8-16(22)18-13-9-28(24,25)10-14(13)21-5-3-4-6-21/h7,12-14H,3-6,8-10H2,1-2H3,(H,18,22)(H,19,20,23). The van der Waals surface area contributed by atoms with Gasteiger partial charge in [-0.15, -0.1) is 11.8 Å². The first-order valence-electron chi connectivity index (χ1n) is 9.33. The number of anilines is 1. The topological polar surface area (TPSA) is 122 Å². The summed E-state index contributed by atoms with van der Waals surface area (Å²) in [6.07, 6.45) is 2.12. The van der Waals surface area contributed by atoms with E-state index in [0.29, 0.717) is 11.6 Å². The minimum atomic E-state index is -3.15. The molecule has 0 saturated carbocycles. The average molecular weight is 431 g/mol. The van der Waals surface area contributed by atoms with Gasteiger partial charge in [0.25, 0.3) is 0 Å². The van der Waals surface area contributed by atoms with Crippen LogP contribution in [0.4, 0.5) is 5.82 Å². The van der Waals surface area contributed by atoms with Crippen LogP contribution < -0.4 is 10.6 Å². The van der Waals surface area contributed by atoms with Gasteiger partial charge < -0.3 is 15.2 Å². The molecule has 3 unspecified atom stereocenters. The Balaban J connectivity index is 1.48. The van der Waals surface area contributed by atoms with E-state index < -0.39 is 21.1 Å². The summed E-state index contributed by atoms with van der Waals surface area (Å²) in [5.74, 6) is 0.554. The number of hydrogen-bond donors (Lipinski definition) is 2. The smallest absolute Gasteiger partial charge is 0.238 e. The lowest BCUT2D eigenvalue weighted by atomic mass is 10.1. The van der Waals surface area contributed by atoms with Crippen LogP contribution in [0.15, 0.2) is 10.6 Å². The Bertz CT molecular complexity index is 819. The van der Waals surface area contributed by atoms with Gasteiger partial charge in [-0.1, -0.05) is 5.16 Å². The fourth-order valence-electron chi connectivity index (χ4n) is 3.58. The van der Waals surface area contributed by atoms with E-state index in [0.717, 1.165) is 25.9 Å². The fourth-order valence-corrected chi connectivity index (χ4v) is 6.23. The molecule has 1 aromatic rings. The van der Waals surface area contributed by atoms with Crippen LogP contribution in [0.2, 0.25) is 0 Å². The third kappa shape index (κ3) is 5.48. The number of carbonyl (C=O) groups is 2. The van der Waals surface area contributed by atoms with Crippen molar-refractivity contribution in [2.75, 3.05) is 35.7 Å². The van der Waals surface area contributed by atoms with Gasteiger partial charge in [0.2, 0.25) is 11.8 Å². The van der Waals surface area contributed by atoms with Gasteiger partial charge in [-0.25, -0.2) is 8.42 Å². The number of sulfone groups is 1. The highest BCUT2D eigenvalue weighted by Gasteiger charge is 2.42. The third-order valence-corrected chi connectivity index (χ3v) is 7.85. The maximum absolute atomic E-state index is 12.4. The third-order valence-electron chi connectivity index (χ3n) is 4.99. The van der Waals surface area contributed by atoms with Crippen molar-refractivity contribution in [2.24, 2.45) is 0 Å². The number of nitrogens with zero attached hydrogens (tertiary/aromatic N) is 2. The van der Waals surface area contributed by atoms with E-state index >= 15 is 0 Å². The highest BCUT2D eigenvalue weighted by Crippen LogP contribution is 2.23. The quantitative estimate of drug-likeness (QED) is 0.638. The van der Waals surface area contributed by atoms with Crippen molar-refractivity contribution in [3.63, 3.8) is 0 Å². The second-order valence-electron chi connectivity index (χ2n) is 7.33. The Morgan fingerprint density at radius 1 is 1.36 bits per heavy atom. The summed E-state index contributed by atoms with van der Waals surface area (Å²) >= 11 is 1.19. The van der Waals surface area contributed by atoms with Crippen molar-refractivity contribution >= 4 is 39.2 Å². The molecule has 3 atom stereocenters. The number of thioether (sulfide) groups is 1. The van der Waals surface area contributed by atoms with E-state index in [2.05, 4.69) is 20.7 Å². The first-order valence-corrected chi connectivity index (χ1v) is 12.2. The Labute approximate surface area is 168 Å². The molecular weight excluding hydrogens is 404 g/mol. The molecule has 11 heteroatoms. The highest BCUT2D eigenvalue weighted by atomic mass is 32.2. The van der Waals surface area contributed by atoms with Gasteiger partial charge in [-0.2, -0.15) is 0 Å². The number of likely N-dealkylation sites (tertiary alicyclic amines) is 1. The number of hydrogen-bond acceptors (Lipinski definition) is 8. The van der Waals surface area contributed by atoms with Crippen LogP contribution in [0.1, 0.15) is 25.5 Å². The molecule has 28 heavy (non-hydrogen) atoms. The van der Waals surface area contributed by atoms with Gasteiger partial charge in [-0.05, 0) is 39.8 Å². The van der Waals surface area contributed by atoms with E-state index in [1.54, 1.807) is 19.9 Å². The van der Waals surface area contributed by atoms with Crippen LogP contribution >= 0.6 is 11.8 Å². The van der Waals surface area contributed by atoms with Crippen LogP contribution in [0.3, 0.4) is 0 Å². The molecule has 3 rings (SSSR count). The van der Waals surface area contributed by atoms with Gasteiger partial charge in [0.1, 0.15) is 5.76 Å². The monoisotopic (exact) mass is 430 g/mol.